The van der Waals surface area contributed by atoms with Crippen molar-refractivity contribution in [2.75, 3.05) is 18.4 Å². The quantitative estimate of drug-likeness (QED) is 0.888. The van der Waals surface area contributed by atoms with Gasteiger partial charge in [0.2, 0.25) is 5.91 Å². The number of anilines is 1. The van der Waals surface area contributed by atoms with Crippen LogP contribution in [0.2, 0.25) is 0 Å². The minimum Gasteiger partial charge on any atom is -0.350 e. The van der Waals surface area contributed by atoms with Gasteiger partial charge < -0.3 is 10.2 Å². The molecule has 3 heterocycles. The molecule has 1 aliphatic carbocycles. The van der Waals surface area contributed by atoms with E-state index in [-0.39, 0.29) is 23.9 Å². The molecule has 2 fully saturated rings. The lowest BCUT2D eigenvalue weighted by molar-refractivity contribution is -0.123. The van der Waals surface area contributed by atoms with Crippen molar-refractivity contribution in [1.82, 2.24) is 20.0 Å². The Morgan fingerprint density at radius 2 is 2.12 bits per heavy atom. The summed E-state index contributed by atoms with van der Waals surface area (Å²) in [6, 6.07) is 3.79. The van der Waals surface area contributed by atoms with Crippen molar-refractivity contribution < 1.29 is 9.59 Å². The number of aryl methyl sites for hydroxylation is 1. The Balaban J connectivity index is 1.31. The molecule has 0 bridgehead atoms. The van der Waals surface area contributed by atoms with Gasteiger partial charge in [-0.05, 0) is 24.3 Å². The third-order valence-corrected chi connectivity index (χ3v) is 5.08. The van der Waals surface area contributed by atoms with E-state index in [1.807, 2.05) is 22.9 Å². The Labute approximate surface area is 143 Å². The fourth-order valence-electron chi connectivity index (χ4n) is 2.72. The molecule has 0 unspecified atom stereocenters. The zero-order chi connectivity index (χ0) is 16.7. The third-order valence-electron chi connectivity index (χ3n) is 4.40. The number of rotatable bonds is 4. The van der Waals surface area contributed by atoms with Gasteiger partial charge in [0, 0.05) is 43.1 Å². The largest absolute Gasteiger partial charge is 0.350 e. The summed E-state index contributed by atoms with van der Waals surface area (Å²) < 4.78 is 1.66. The fourth-order valence-corrected chi connectivity index (χ4v) is 3.37. The van der Waals surface area contributed by atoms with E-state index < -0.39 is 0 Å². The van der Waals surface area contributed by atoms with Gasteiger partial charge in [0.25, 0.3) is 0 Å². The lowest BCUT2D eigenvalue weighted by atomic mass is 10.1. The first-order chi connectivity index (χ1) is 11.6. The number of urea groups is 1. The monoisotopic (exact) mass is 345 g/mol. The maximum atomic E-state index is 12.3. The molecule has 1 saturated carbocycles. The number of carbonyl (C=O) groups is 2. The van der Waals surface area contributed by atoms with Crippen LogP contribution in [-0.4, -0.2) is 45.8 Å². The van der Waals surface area contributed by atoms with Gasteiger partial charge in [-0.1, -0.05) is 0 Å². The van der Waals surface area contributed by atoms with Crippen LogP contribution < -0.4 is 10.6 Å². The molecule has 0 spiro atoms. The number of nitrogens with one attached hydrogen (secondary N) is 2. The SMILES string of the molecule is Cn1nc(-c2ccsc2)cc1NC(=O)N1CC(NC(=O)C2CC2)C1. The predicted molar refractivity (Wildman–Crippen MR) is 91.8 cm³/mol. The standard InChI is InChI=1S/C16H19N5O2S/c1-20-14(6-13(19-20)11-4-5-24-9-11)18-16(23)21-7-12(8-21)17-15(22)10-2-3-10/h4-6,9-10,12H,2-3,7-8H2,1H3,(H,17,22)(H,18,23). The average Bonchev–Trinajstić information content (AvgIpc) is 3.10. The molecule has 126 valence electrons. The van der Waals surface area contributed by atoms with Crippen LogP contribution in [0.15, 0.2) is 22.9 Å². The van der Waals surface area contributed by atoms with Gasteiger partial charge in [0.05, 0.1) is 11.7 Å². The van der Waals surface area contributed by atoms with Crippen LogP contribution in [0, 0.1) is 5.92 Å². The van der Waals surface area contributed by atoms with E-state index in [2.05, 4.69) is 15.7 Å². The molecule has 24 heavy (non-hydrogen) atoms. The molecule has 2 aliphatic rings. The van der Waals surface area contributed by atoms with E-state index in [4.69, 9.17) is 0 Å². The number of hydrogen-bond donors (Lipinski definition) is 2. The average molecular weight is 345 g/mol. The Morgan fingerprint density at radius 1 is 1.33 bits per heavy atom. The molecule has 8 heteroatoms. The normalized spacial score (nSPS) is 17.5. The number of amides is 3. The van der Waals surface area contributed by atoms with Crippen molar-refractivity contribution in [3.8, 4) is 11.3 Å². The number of thiophene rings is 1. The molecule has 0 aromatic carbocycles. The van der Waals surface area contributed by atoms with Gasteiger partial charge in [0.1, 0.15) is 5.82 Å². The summed E-state index contributed by atoms with van der Waals surface area (Å²) >= 11 is 1.61. The van der Waals surface area contributed by atoms with E-state index in [0.717, 1.165) is 24.1 Å². The highest BCUT2D eigenvalue weighted by atomic mass is 32.1. The van der Waals surface area contributed by atoms with Crippen LogP contribution in [0.5, 0.6) is 0 Å². The summed E-state index contributed by atoms with van der Waals surface area (Å²) in [5, 5.41) is 14.3. The highest BCUT2D eigenvalue weighted by molar-refractivity contribution is 7.08. The molecule has 2 aromatic heterocycles. The molecule has 2 aromatic rings. The van der Waals surface area contributed by atoms with E-state index in [1.165, 1.54) is 0 Å². The number of likely N-dealkylation sites (tertiary alicyclic amines) is 1. The minimum atomic E-state index is -0.160. The van der Waals surface area contributed by atoms with Gasteiger partial charge in [-0.25, -0.2) is 4.79 Å². The molecular weight excluding hydrogens is 326 g/mol. The Hall–Kier alpha value is -2.35. The van der Waals surface area contributed by atoms with E-state index >= 15 is 0 Å². The van der Waals surface area contributed by atoms with Crippen LogP contribution >= 0.6 is 11.3 Å². The number of hydrogen-bond acceptors (Lipinski definition) is 4. The summed E-state index contributed by atoms with van der Waals surface area (Å²) in [6.45, 7) is 1.11. The van der Waals surface area contributed by atoms with E-state index in [0.29, 0.717) is 18.9 Å². The topological polar surface area (TPSA) is 79.3 Å². The molecule has 7 nitrogen and oxygen atoms in total. The maximum absolute atomic E-state index is 12.3. The maximum Gasteiger partial charge on any atom is 0.323 e. The van der Waals surface area contributed by atoms with Gasteiger partial charge in [0.15, 0.2) is 0 Å². The van der Waals surface area contributed by atoms with E-state index in [9.17, 15) is 9.59 Å². The summed E-state index contributed by atoms with van der Waals surface area (Å²) in [6.07, 6.45) is 1.99. The molecule has 0 radical (unpaired) electrons. The highest BCUT2D eigenvalue weighted by Crippen LogP contribution is 2.29. The van der Waals surface area contributed by atoms with Gasteiger partial charge >= 0.3 is 6.03 Å². The molecule has 2 N–H and O–H groups in total. The number of carbonyl (C=O) groups excluding carboxylic acids is 2. The lowest BCUT2D eigenvalue weighted by Gasteiger charge is -2.39. The smallest absolute Gasteiger partial charge is 0.323 e. The third kappa shape index (κ3) is 3.01. The summed E-state index contributed by atoms with van der Waals surface area (Å²) in [7, 11) is 1.81. The minimum absolute atomic E-state index is 0.0803. The van der Waals surface area contributed by atoms with Crippen molar-refractivity contribution in [2.24, 2.45) is 13.0 Å². The second-order valence-electron chi connectivity index (χ2n) is 6.37. The molecule has 1 saturated heterocycles. The first-order valence-corrected chi connectivity index (χ1v) is 8.97. The number of nitrogens with zero attached hydrogens (tertiary/aromatic N) is 3. The van der Waals surface area contributed by atoms with Crippen LogP contribution in [0.3, 0.4) is 0 Å². The summed E-state index contributed by atoms with van der Waals surface area (Å²) in [5.41, 5.74) is 1.88. The van der Waals surface area contributed by atoms with Crippen LogP contribution in [0.1, 0.15) is 12.8 Å². The zero-order valence-electron chi connectivity index (χ0n) is 13.4. The Bertz CT molecular complexity index is 760. The van der Waals surface area contributed by atoms with Gasteiger partial charge in [-0.3, -0.25) is 14.8 Å². The van der Waals surface area contributed by atoms with Crippen molar-refractivity contribution in [1.29, 1.82) is 0 Å². The molecular formula is C16H19N5O2S. The van der Waals surface area contributed by atoms with Gasteiger partial charge in [-0.2, -0.15) is 16.4 Å². The fraction of sp³-hybridized carbons (Fsp3) is 0.438. The Morgan fingerprint density at radius 3 is 2.79 bits per heavy atom. The first-order valence-electron chi connectivity index (χ1n) is 8.03. The zero-order valence-corrected chi connectivity index (χ0v) is 14.2. The van der Waals surface area contributed by atoms with Crippen molar-refractivity contribution in [2.45, 2.75) is 18.9 Å². The molecule has 3 amide bonds. The van der Waals surface area contributed by atoms with Crippen LogP contribution in [-0.2, 0) is 11.8 Å². The number of aromatic nitrogens is 2. The summed E-state index contributed by atoms with van der Waals surface area (Å²) in [4.78, 5) is 25.7. The van der Waals surface area contributed by atoms with Crippen molar-refractivity contribution >= 4 is 29.1 Å². The molecule has 1 aliphatic heterocycles. The molecule has 4 rings (SSSR count). The van der Waals surface area contributed by atoms with Crippen LogP contribution in [0.4, 0.5) is 10.6 Å². The van der Waals surface area contributed by atoms with E-state index in [1.54, 1.807) is 28.0 Å². The lowest BCUT2D eigenvalue weighted by Crippen LogP contribution is -2.62. The van der Waals surface area contributed by atoms with Crippen molar-refractivity contribution in [3.05, 3.63) is 22.9 Å². The van der Waals surface area contributed by atoms with Crippen LogP contribution in [0.25, 0.3) is 11.3 Å². The Kier molecular flexibility index (Phi) is 3.76. The summed E-state index contributed by atoms with van der Waals surface area (Å²) in [5.74, 6) is 0.997. The second kappa shape index (κ2) is 5.94. The second-order valence-corrected chi connectivity index (χ2v) is 7.15. The highest BCUT2D eigenvalue weighted by Gasteiger charge is 2.36. The predicted octanol–water partition coefficient (Wildman–Crippen LogP) is 1.89. The first kappa shape index (κ1) is 15.2. The molecule has 0 atom stereocenters. The van der Waals surface area contributed by atoms with Crippen molar-refractivity contribution in [3.63, 3.8) is 0 Å². The van der Waals surface area contributed by atoms with Gasteiger partial charge in [-0.15, -0.1) is 0 Å².